The fourth-order valence-corrected chi connectivity index (χ4v) is 4.76. The molecule has 3 amide bonds. The molecule has 0 N–H and O–H groups in total. The van der Waals surface area contributed by atoms with Gasteiger partial charge in [-0.3, -0.25) is 24.1 Å². The molecule has 0 saturated carbocycles. The molecule has 180 valence electrons. The van der Waals surface area contributed by atoms with Crippen molar-refractivity contribution in [3.63, 3.8) is 0 Å². The smallest absolute Gasteiger partial charge is 0.412 e. The molecule has 1 fully saturated rings. The minimum Gasteiger partial charge on any atom is -0.444 e. The SMILES string of the molecule is CC1(C)O[C@H](CN2C(=O)c3ccccc3C2=O)[C@@H](Cn2cccn2)N1C(=O)OCc1ccccc1. The van der Waals surface area contributed by atoms with Crippen molar-refractivity contribution in [3.8, 4) is 0 Å². The van der Waals surface area contributed by atoms with Crippen molar-refractivity contribution in [2.24, 2.45) is 0 Å². The van der Waals surface area contributed by atoms with E-state index in [1.54, 1.807) is 66.2 Å². The molecule has 0 aliphatic carbocycles. The van der Waals surface area contributed by atoms with Crippen molar-refractivity contribution in [1.29, 1.82) is 0 Å². The lowest BCUT2D eigenvalue weighted by Gasteiger charge is -2.32. The molecule has 35 heavy (non-hydrogen) atoms. The number of fused-ring (bicyclic) bond motifs is 1. The first-order valence-corrected chi connectivity index (χ1v) is 11.5. The van der Waals surface area contributed by atoms with E-state index in [-0.39, 0.29) is 25.0 Å². The van der Waals surface area contributed by atoms with Crippen LogP contribution in [0.25, 0.3) is 0 Å². The average Bonchev–Trinajstić information content (AvgIpc) is 3.52. The molecule has 2 aliphatic heterocycles. The normalized spacial score (nSPS) is 20.9. The lowest BCUT2D eigenvalue weighted by atomic mass is 10.1. The van der Waals surface area contributed by atoms with E-state index in [1.165, 1.54) is 4.90 Å². The topological polar surface area (TPSA) is 94.0 Å². The van der Waals surface area contributed by atoms with E-state index in [9.17, 15) is 14.4 Å². The van der Waals surface area contributed by atoms with Gasteiger partial charge in [0.05, 0.1) is 30.3 Å². The van der Waals surface area contributed by atoms with Crippen LogP contribution >= 0.6 is 0 Å². The zero-order chi connectivity index (χ0) is 24.6. The molecule has 0 bridgehead atoms. The van der Waals surface area contributed by atoms with Gasteiger partial charge in [0.25, 0.3) is 11.8 Å². The molecule has 1 aromatic heterocycles. The number of rotatable bonds is 6. The second kappa shape index (κ2) is 8.99. The summed E-state index contributed by atoms with van der Waals surface area (Å²) in [5.41, 5.74) is 0.578. The zero-order valence-corrected chi connectivity index (χ0v) is 19.5. The summed E-state index contributed by atoms with van der Waals surface area (Å²) in [7, 11) is 0. The predicted octanol–water partition coefficient (Wildman–Crippen LogP) is 3.32. The second-order valence-electron chi connectivity index (χ2n) is 9.08. The van der Waals surface area contributed by atoms with Crippen LogP contribution in [0.3, 0.4) is 0 Å². The fraction of sp³-hybridized carbons (Fsp3) is 0.308. The van der Waals surface area contributed by atoms with Crippen LogP contribution in [0.1, 0.15) is 40.1 Å². The van der Waals surface area contributed by atoms with Crippen molar-refractivity contribution in [2.75, 3.05) is 6.54 Å². The number of imide groups is 1. The number of amides is 3. The van der Waals surface area contributed by atoms with Gasteiger partial charge in [0.2, 0.25) is 0 Å². The summed E-state index contributed by atoms with van der Waals surface area (Å²) in [5.74, 6) is -0.732. The maximum atomic E-state index is 13.3. The number of nitrogens with zero attached hydrogens (tertiary/aromatic N) is 4. The Balaban J connectivity index is 1.40. The van der Waals surface area contributed by atoms with Crippen LogP contribution in [0.15, 0.2) is 73.1 Å². The number of hydrogen-bond acceptors (Lipinski definition) is 6. The molecule has 9 nitrogen and oxygen atoms in total. The van der Waals surface area contributed by atoms with Gasteiger partial charge < -0.3 is 9.47 Å². The standard InChI is InChI=1S/C26H26N4O5/c1-26(2)30(25(33)34-17-18-9-4-3-5-10-18)21(15-28-14-8-13-27-28)22(35-26)16-29-23(31)19-11-6-7-12-20(19)24(29)32/h3-14,21-22H,15-17H2,1-2H3/t21-,22-/m1/s1. The van der Waals surface area contributed by atoms with E-state index in [2.05, 4.69) is 5.10 Å². The number of carbonyl (C=O) groups is 3. The molecule has 0 unspecified atom stereocenters. The van der Waals surface area contributed by atoms with Gasteiger partial charge in [0.15, 0.2) is 0 Å². The first-order valence-electron chi connectivity index (χ1n) is 11.5. The first-order chi connectivity index (χ1) is 16.8. The van der Waals surface area contributed by atoms with Crippen LogP contribution in [-0.4, -0.2) is 61.9 Å². The summed E-state index contributed by atoms with van der Waals surface area (Å²) < 4.78 is 13.6. The summed E-state index contributed by atoms with van der Waals surface area (Å²) >= 11 is 0. The van der Waals surface area contributed by atoms with Crippen molar-refractivity contribution < 1.29 is 23.9 Å². The highest BCUT2D eigenvalue weighted by Crippen LogP contribution is 2.35. The number of ether oxygens (including phenoxy) is 2. The average molecular weight is 475 g/mol. The van der Waals surface area contributed by atoms with Crippen LogP contribution < -0.4 is 0 Å². The molecular weight excluding hydrogens is 448 g/mol. The minimum absolute atomic E-state index is 0.00414. The predicted molar refractivity (Wildman–Crippen MR) is 125 cm³/mol. The highest BCUT2D eigenvalue weighted by Gasteiger charge is 2.52. The third-order valence-corrected chi connectivity index (χ3v) is 6.36. The Bertz CT molecular complexity index is 1210. The van der Waals surface area contributed by atoms with Crippen molar-refractivity contribution >= 4 is 17.9 Å². The first kappa shape index (κ1) is 22.8. The molecule has 3 heterocycles. The number of carbonyl (C=O) groups excluding carboxylic acids is 3. The summed E-state index contributed by atoms with van der Waals surface area (Å²) in [6, 6.07) is 17.4. The van der Waals surface area contributed by atoms with Crippen molar-refractivity contribution in [3.05, 3.63) is 89.7 Å². The fourth-order valence-electron chi connectivity index (χ4n) is 4.76. The Hall–Kier alpha value is -3.98. The third kappa shape index (κ3) is 4.30. The van der Waals surface area contributed by atoms with Crippen LogP contribution in [0.4, 0.5) is 4.79 Å². The molecule has 0 spiro atoms. The number of aromatic nitrogens is 2. The maximum absolute atomic E-state index is 13.3. The summed E-state index contributed by atoms with van der Waals surface area (Å²) in [6.45, 7) is 3.98. The molecule has 1 saturated heterocycles. The highest BCUT2D eigenvalue weighted by atomic mass is 16.6. The van der Waals surface area contributed by atoms with E-state index in [4.69, 9.17) is 9.47 Å². The Labute approximate surface area is 202 Å². The van der Waals surface area contributed by atoms with Crippen molar-refractivity contribution in [2.45, 2.75) is 44.9 Å². The Morgan fingerprint density at radius 1 is 0.971 bits per heavy atom. The maximum Gasteiger partial charge on any atom is 0.412 e. The number of benzene rings is 2. The van der Waals surface area contributed by atoms with E-state index in [0.29, 0.717) is 17.7 Å². The molecule has 2 atom stereocenters. The molecule has 2 aromatic carbocycles. The monoisotopic (exact) mass is 474 g/mol. The molecular formula is C26H26N4O5. The van der Waals surface area contributed by atoms with Crippen molar-refractivity contribution in [1.82, 2.24) is 19.6 Å². The zero-order valence-electron chi connectivity index (χ0n) is 19.5. The Morgan fingerprint density at radius 2 is 1.63 bits per heavy atom. The van der Waals surface area contributed by atoms with Gasteiger partial charge in [-0.05, 0) is 37.6 Å². The van der Waals surface area contributed by atoms with Gasteiger partial charge in [-0.1, -0.05) is 42.5 Å². The number of hydrogen-bond donors (Lipinski definition) is 0. The van der Waals surface area contributed by atoms with E-state index in [1.807, 2.05) is 30.3 Å². The lowest BCUT2D eigenvalue weighted by molar-refractivity contribution is -0.0736. The minimum atomic E-state index is -1.03. The van der Waals surface area contributed by atoms with Crippen LogP contribution in [0.2, 0.25) is 0 Å². The molecule has 9 heteroatoms. The van der Waals surface area contributed by atoms with E-state index >= 15 is 0 Å². The van der Waals surface area contributed by atoms with Gasteiger partial charge in [-0.25, -0.2) is 4.79 Å². The van der Waals surface area contributed by atoms with Crippen LogP contribution in [0, 0.1) is 0 Å². The summed E-state index contributed by atoms with van der Waals surface area (Å²) in [6.07, 6.45) is 2.26. The van der Waals surface area contributed by atoms with E-state index < -0.39 is 24.0 Å². The molecule has 3 aromatic rings. The second-order valence-corrected chi connectivity index (χ2v) is 9.08. The summed E-state index contributed by atoms with van der Waals surface area (Å²) in [5, 5.41) is 4.28. The van der Waals surface area contributed by atoms with Gasteiger partial charge in [0, 0.05) is 12.4 Å². The van der Waals surface area contributed by atoms with Gasteiger partial charge >= 0.3 is 6.09 Å². The Kier molecular flexibility index (Phi) is 5.86. The third-order valence-electron chi connectivity index (χ3n) is 6.36. The van der Waals surface area contributed by atoms with Gasteiger partial charge in [0.1, 0.15) is 18.4 Å². The quantitative estimate of drug-likeness (QED) is 0.509. The van der Waals surface area contributed by atoms with Crippen LogP contribution in [-0.2, 0) is 22.6 Å². The Morgan fingerprint density at radius 3 is 2.26 bits per heavy atom. The van der Waals surface area contributed by atoms with E-state index in [0.717, 1.165) is 5.56 Å². The summed E-state index contributed by atoms with van der Waals surface area (Å²) in [4.78, 5) is 42.0. The highest BCUT2D eigenvalue weighted by molar-refractivity contribution is 6.21. The molecule has 0 radical (unpaired) electrons. The lowest BCUT2D eigenvalue weighted by Crippen LogP contribution is -2.51. The van der Waals surface area contributed by atoms with Gasteiger partial charge in [-0.15, -0.1) is 0 Å². The molecule has 2 aliphatic rings. The van der Waals surface area contributed by atoms with Gasteiger partial charge in [-0.2, -0.15) is 5.10 Å². The largest absolute Gasteiger partial charge is 0.444 e. The van der Waals surface area contributed by atoms with Crippen LogP contribution in [0.5, 0.6) is 0 Å². The molecule has 5 rings (SSSR count).